The Bertz CT molecular complexity index is 767. The van der Waals surface area contributed by atoms with Crippen molar-refractivity contribution in [3.63, 3.8) is 0 Å². The molecular weight excluding hydrogens is 262 g/mol. The standard InChI is InChI=1S/C13H15N3O2S/c1-4-19(17,18)12-11(13(2,3)9-14)15-10-7-5-6-8-16(10)12/h5-8H,4H2,1-3H3. The molecular formula is C13H15N3O2S. The van der Waals surface area contributed by atoms with Gasteiger partial charge in [-0.2, -0.15) is 5.26 Å². The fourth-order valence-electron chi connectivity index (χ4n) is 1.87. The number of aromatic nitrogens is 2. The van der Waals surface area contributed by atoms with Crippen molar-refractivity contribution in [2.75, 3.05) is 5.75 Å². The van der Waals surface area contributed by atoms with Crippen LogP contribution in [0, 0.1) is 11.3 Å². The van der Waals surface area contributed by atoms with Crippen molar-refractivity contribution in [3.8, 4) is 6.07 Å². The van der Waals surface area contributed by atoms with Crippen LogP contribution in [-0.4, -0.2) is 23.6 Å². The molecule has 0 aliphatic rings. The van der Waals surface area contributed by atoms with E-state index in [-0.39, 0.29) is 10.8 Å². The van der Waals surface area contributed by atoms with Gasteiger partial charge in [-0.3, -0.25) is 4.40 Å². The second kappa shape index (κ2) is 4.35. The quantitative estimate of drug-likeness (QED) is 0.859. The van der Waals surface area contributed by atoms with Crippen LogP contribution < -0.4 is 0 Å². The number of pyridine rings is 1. The molecule has 0 bridgehead atoms. The van der Waals surface area contributed by atoms with Crippen molar-refractivity contribution >= 4 is 15.5 Å². The summed E-state index contributed by atoms with van der Waals surface area (Å²) >= 11 is 0. The average Bonchev–Trinajstić information content (AvgIpc) is 2.79. The lowest BCUT2D eigenvalue weighted by molar-refractivity contribution is 0.580. The van der Waals surface area contributed by atoms with Crippen molar-refractivity contribution in [2.24, 2.45) is 0 Å². The Morgan fingerprint density at radius 1 is 1.42 bits per heavy atom. The van der Waals surface area contributed by atoms with Crippen LogP contribution in [0.2, 0.25) is 0 Å². The summed E-state index contributed by atoms with van der Waals surface area (Å²) in [6.07, 6.45) is 1.65. The molecule has 2 heterocycles. The van der Waals surface area contributed by atoms with Gasteiger partial charge in [0.1, 0.15) is 5.65 Å². The van der Waals surface area contributed by atoms with Gasteiger partial charge in [-0.25, -0.2) is 13.4 Å². The second-order valence-corrected chi connectivity index (χ2v) is 7.03. The van der Waals surface area contributed by atoms with Gasteiger partial charge in [-0.1, -0.05) is 13.0 Å². The Morgan fingerprint density at radius 3 is 2.68 bits per heavy atom. The third kappa shape index (κ3) is 2.10. The van der Waals surface area contributed by atoms with Crippen molar-refractivity contribution in [2.45, 2.75) is 31.2 Å². The van der Waals surface area contributed by atoms with E-state index in [9.17, 15) is 13.7 Å². The topological polar surface area (TPSA) is 75.2 Å². The number of nitrogens with zero attached hydrogens (tertiary/aromatic N) is 3. The van der Waals surface area contributed by atoms with E-state index in [0.717, 1.165) is 0 Å². The molecule has 0 fully saturated rings. The van der Waals surface area contributed by atoms with Gasteiger partial charge in [0.15, 0.2) is 14.9 Å². The average molecular weight is 277 g/mol. The maximum Gasteiger partial charge on any atom is 0.195 e. The number of sulfone groups is 1. The number of rotatable bonds is 3. The fraction of sp³-hybridized carbons (Fsp3) is 0.385. The molecule has 0 radical (unpaired) electrons. The Morgan fingerprint density at radius 2 is 2.11 bits per heavy atom. The third-order valence-corrected chi connectivity index (χ3v) is 4.77. The van der Waals surface area contributed by atoms with Gasteiger partial charge in [0, 0.05) is 6.20 Å². The van der Waals surface area contributed by atoms with Crippen LogP contribution in [0.3, 0.4) is 0 Å². The fourth-order valence-corrected chi connectivity index (χ4v) is 3.19. The molecule has 100 valence electrons. The lowest BCUT2D eigenvalue weighted by Crippen LogP contribution is -2.20. The predicted molar refractivity (Wildman–Crippen MR) is 71.6 cm³/mol. The molecule has 0 unspecified atom stereocenters. The third-order valence-electron chi connectivity index (χ3n) is 3.03. The Hall–Kier alpha value is -1.87. The molecule has 0 saturated carbocycles. The maximum atomic E-state index is 12.3. The summed E-state index contributed by atoms with van der Waals surface area (Å²) in [5.41, 5.74) is -0.111. The molecule has 0 amide bonds. The van der Waals surface area contributed by atoms with Crippen LogP contribution in [0.15, 0.2) is 29.4 Å². The molecule has 0 aliphatic carbocycles. The van der Waals surface area contributed by atoms with E-state index in [1.807, 2.05) is 0 Å². The molecule has 0 atom stereocenters. The normalized spacial score (nSPS) is 12.5. The first kappa shape index (κ1) is 13.6. The SMILES string of the molecule is CCS(=O)(=O)c1c(C(C)(C)C#N)nc2ccccn12. The summed E-state index contributed by atoms with van der Waals surface area (Å²) < 4.78 is 26.1. The first-order valence-electron chi connectivity index (χ1n) is 5.95. The van der Waals surface area contributed by atoms with Crippen LogP contribution >= 0.6 is 0 Å². The molecule has 2 rings (SSSR count). The van der Waals surface area contributed by atoms with Crippen LogP contribution in [-0.2, 0) is 15.3 Å². The zero-order valence-electron chi connectivity index (χ0n) is 11.1. The first-order chi connectivity index (χ1) is 8.83. The van der Waals surface area contributed by atoms with E-state index in [2.05, 4.69) is 11.1 Å². The summed E-state index contributed by atoms with van der Waals surface area (Å²) in [6, 6.07) is 7.37. The predicted octanol–water partition coefficient (Wildman–Crippen LogP) is 1.93. The van der Waals surface area contributed by atoms with Gasteiger partial charge in [-0.15, -0.1) is 0 Å². The minimum absolute atomic E-state index is 0.0236. The first-order valence-corrected chi connectivity index (χ1v) is 7.60. The highest BCUT2D eigenvalue weighted by Gasteiger charge is 2.33. The van der Waals surface area contributed by atoms with Crippen LogP contribution in [0.4, 0.5) is 0 Å². The second-order valence-electron chi connectivity index (χ2n) is 4.83. The molecule has 2 aromatic rings. The molecule has 6 heteroatoms. The van der Waals surface area contributed by atoms with E-state index < -0.39 is 15.3 Å². The Labute approximate surface area is 112 Å². The monoisotopic (exact) mass is 277 g/mol. The number of hydrogen-bond acceptors (Lipinski definition) is 4. The maximum absolute atomic E-state index is 12.3. The van der Waals surface area contributed by atoms with Crippen LogP contribution in [0.25, 0.3) is 5.65 Å². The van der Waals surface area contributed by atoms with Gasteiger partial charge in [0.05, 0.1) is 22.9 Å². The van der Waals surface area contributed by atoms with Gasteiger partial charge in [0.25, 0.3) is 0 Å². The molecule has 5 nitrogen and oxygen atoms in total. The van der Waals surface area contributed by atoms with Crippen molar-refractivity contribution < 1.29 is 8.42 Å². The molecule has 0 aromatic carbocycles. The lowest BCUT2D eigenvalue weighted by Gasteiger charge is -2.14. The summed E-state index contributed by atoms with van der Waals surface area (Å²) in [4.78, 5) is 4.33. The van der Waals surface area contributed by atoms with Crippen LogP contribution in [0.5, 0.6) is 0 Å². The number of fused-ring (bicyclic) bond motifs is 1. The minimum Gasteiger partial charge on any atom is -0.290 e. The summed E-state index contributed by atoms with van der Waals surface area (Å²) in [7, 11) is -3.46. The van der Waals surface area contributed by atoms with Gasteiger partial charge in [-0.05, 0) is 26.0 Å². The van der Waals surface area contributed by atoms with Crippen molar-refractivity contribution in [3.05, 3.63) is 30.1 Å². The molecule has 0 spiro atoms. The molecule has 0 saturated heterocycles. The number of nitriles is 1. The van der Waals surface area contributed by atoms with E-state index in [1.165, 1.54) is 4.40 Å². The van der Waals surface area contributed by atoms with Gasteiger partial charge < -0.3 is 0 Å². The van der Waals surface area contributed by atoms with Gasteiger partial charge >= 0.3 is 0 Å². The van der Waals surface area contributed by atoms with E-state index in [4.69, 9.17) is 0 Å². The van der Waals surface area contributed by atoms with Crippen LogP contribution in [0.1, 0.15) is 26.5 Å². The zero-order valence-corrected chi connectivity index (χ0v) is 11.9. The number of imidazole rings is 1. The van der Waals surface area contributed by atoms with Crippen molar-refractivity contribution in [1.29, 1.82) is 5.26 Å². The highest BCUT2D eigenvalue weighted by Crippen LogP contribution is 2.29. The summed E-state index contributed by atoms with van der Waals surface area (Å²) in [6.45, 7) is 4.92. The van der Waals surface area contributed by atoms with E-state index >= 15 is 0 Å². The molecule has 19 heavy (non-hydrogen) atoms. The summed E-state index contributed by atoms with van der Waals surface area (Å²) in [5.74, 6) is -0.0236. The lowest BCUT2D eigenvalue weighted by atomic mass is 9.92. The van der Waals surface area contributed by atoms with E-state index in [1.54, 1.807) is 45.2 Å². The Kier molecular flexibility index (Phi) is 3.11. The molecule has 0 aliphatic heterocycles. The summed E-state index contributed by atoms with van der Waals surface area (Å²) in [5, 5.41) is 9.36. The molecule has 2 aromatic heterocycles. The smallest absolute Gasteiger partial charge is 0.195 e. The molecule has 0 N–H and O–H groups in total. The van der Waals surface area contributed by atoms with E-state index in [0.29, 0.717) is 11.3 Å². The Balaban J connectivity index is 2.94. The van der Waals surface area contributed by atoms with Gasteiger partial charge in [0.2, 0.25) is 0 Å². The highest BCUT2D eigenvalue weighted by molar-refractivity contribution is 7.91. The van der Waals surface area contributed by atoms with Crippen molar-refractivity contribution in [1.82, 2.24) is 9.38 Å². The zero-order chi connectivity index (χ0) is 14.3. The highest BCUT2D eigenvalue weighted by atomic mass is 32.2. The number of hydrogen-bond donors (Lipinski definition) is 0. The largest absolute Gasteiger partial charge is 0.290 e. The minimum atomic E-state index is -3.46.